The first kappa shape index (κ1) is 33.6. The smallest absolute Gasteiger partial charge is 0.367 e. The van der Waals surface area contributed by atoms with E-state index in [1.807, 2.05) is 12.1 Å². The standard InChI is InChI=1S/C33H41Cl2N3O6/c1-2-3-4-5-6-12-30(40)44-32(33(41)42)38-28-23-25(15-13-24(28)14-16-29(38)39)43-22-8-7-17-36-18-20-37(21-19-36)27-11-9-10-26(34)31(27)35/h9-11,13-16,23,32H,2-8,12,17-22H2,1H3,(H,41,42). The molecule has 44 heavy (non-hydrogen) atoms. The van der Waals surface area contributed by atoms with Crippen molar-refractivity contribution in [2.24, 2.45) is 0 Å². The largest absolute Gasteiger partial charge is 0.494 e. The number of halogens is 2. The van der Waals surface area contributed by atoms with Gasteiger partial charge in [0.2, 0.25) is 0 Å². The molecule has 1 aliphatic rings. The van der Waals surface area contributed by atoms with Crippen molar-refractivity contribution in [3.05, 3.63) is 68.9 Å². The van der Waals surface area contributed by atoms with Gasteiger partial charge in [-0.2, -0.15) is 0 Å². The molecule has 0 saturated carbocycles. The maximum Gasteiger partial charge on any atom is 0.367 e. The lowest BCUT2D eigenvalue weighted by Crippen LogP contribution is -2.46. The highest BCUT2D eigenvalue weighted by Gasteiger charge is 2.27. The summed E-state index contributed by atoms with van der Waals surface area (Å²) in [6.07, 6.45) is 4.78. The number of esters is 1. The van der Waals surface area contributed by atoms with E-state index in [0.717, 1.165) is 81.5 Å². The topological polar surface area (TPSA) is 101 Å². The van der Waals surface area contributed by atoms with Gasteiger partial charge in [0, 0.05) is 44.7 Å². The summed E-state index contributed by atoms with van der Waals surface area (Å²) in [6.45, 7) is 7.13. The number of nitrogens with zero attached hydrogens (tertiary/aromatic N) is 3. The van der Waals surface area contributed by atoms with Crippen LogP contribution in [-0.2, 0) is 14.3 Å². The van der Waals surface area contributed by atoms with Crippen LogP contribution in [0.4, 0.5) is 5.69 Å². The van der Waals surface area contributed by atoms with Crippen molar-refractivity contribution in [3.63, 3.8) is 0 Å². The van der Waals surface area contributed by atoms with Gasteiger partial charge in [-0.1, -0.05) is 61.9 Å². The van der Waals surface area contributed by atoms with E-state index >= 15 is 0 Å². The summed E-state index contributed by atoms with van der Waals surface area (Å²) in [7, 11) is 0. The van der Waals surface area contributed by atoms with E-state index in [9.17, 15) is 19.5 Å². The van der Waals surface area contributed by atoms with Gasteiger partial charge in [-0.3, -0.25) is 19.1 Å². The average molecular weight is 647 g/mol. The number of carbonyl (C=O) groups excluding carboxylic acids is 1. The Hall–Kier alpha value is -3.27. The van der Waals surface area contributed by atoms with Crippen LogP contribution in [0, 0.1) is 0 Å². The minimum Gasteiger partial charge on any atom is -0.494 e. The molecule has 2 heterocycles. The first-order valence-electron chi connectivity index (χ1n) is 15.4. The Kier molecular flexibility index (Phi) is 12.8. The van der Waals surface area contributed by atoms with Gasteiger partial charge in [-0.25, -0.2) is 4.79 Å². The molecule has 1 unspecified atom stereocenters. The van der Waals surface area contributed by atoms with Crippen LogP contribution in [-0.4, -0.2) is 65.8 Å². The number of ether oxygens (including phenoxy) is 2. The normalized spacial score (nSPS) is 14.5. The van der Waals surface area contributed by atoms with Gasteiger partial charge in [0.15, 0.2) is 0 Å². The Morgan fingerprint density at radius 3 is 2.43 bits per heavy atom. The van der Waals surface area contributed by atoms with Crippen molar-refractivity contribution in [1.29, 1.82) is 0 Å². The van der Waals surface area contributed by atoms with Crippen LogP contribution >= 0.6 is 23.2 Å². The van der Waals surface area contributed by atoms with Crippen molar-refractivity contribution in [1.82, 2.24) is 9.47 Å². The maximum absolute atomic E-state index is 12.8. The number of piperazine rings is 1. The highest BCUT2D eigenvalue weighted by molar-refractivity contribution is 6.43. The van der Waals surface area contributed by atoms with Gasteiger partial charge in [0.1, 0.15) is 5.75 Å². The molecule has 0 aliphatic carbocycles. The van der Waals surface area contributed by atoms with Gasteiger partial charge in [0.25, 0.3) is 11.8 Å². The van der Waals surface area contributed by atoms with Gasteiger partial charge in [-0.05, 0) is 61.5 Å². The average Bonchev–Trinajstić information content (AvgIpc) is 3.01. The molecule has 1 aromatic heterocycles. The monoisotopic (exact) mass is 645 g/mol. The Bertz CT molecular complexity index is 1470. The molecule has 1 atom stereocenters. The van der Waals surface area contributed by atoms with Gasteiger partial charge < -0.3 is 19.5 Å². The fourth-order valence-electron chi connectivity index (χ4n) is 5.41. The van der Waals surface area contributed by atoms with Gasteiger partial charge in [-0.15, -0.1) is 0 Å². The molecule has 3 aromatic rings. The highest BCUT2D eigenvalue weighted by atomic mass is 35.5. The molecule has 9 nitrogen and oxygen atoms in total. The number of benzene rings is 2. The summed E-state index contributed by atoms with van der Waals surface area (Å²) >= 11 is 12.6. The number of fused-ring (bicyclic) bond motifs is 1. The molecule has 1 saturated heterocycles. The van der Waals surface area contributed by atoms with Crippen LogP contribution in [0.5, 0.6) is 5.75 Å². The van der Waals surface area contributed by atoms with Gasteiger partial charge in [0.05, 0.1) is 27.9 Å². The zero-order chi connectivity index (χ0) is 31.5. The Morgan fingerprint density at radius 1 is 0.932 bits per heavy atom. The summed E-state index contributed by atoms with van der Waals surface area (Å²) in [5.41, 5.74) is 0.727. The number of pyridine rings is 1. The molecule has 0 radical (unpaired) electrons. The van der Waals surface area contributed by atoms with E-state index < -0.39 is 23.7 Å². The van der Waals surface area contributed by atoms with E-state index in [1.165, 1.54) is 6.07 Å². The third-order valence-corrected chi connectivity index (χ3v) is 8.67. The fraction of sp³-hybridized carbons (Fsp3) is 0.485. The first-order chi connectivity index (χ1) is 21.3. The number of carboxylic acid groups (broad SMARTS) is 1. The predicted octanol–water partition coefficient (Wildman–Crippen LogP) is 6.78. The molecule has 1 fully saturated rings. The number of carbonyl (C=O) groups is 2. The maximum atomic E-state index is 12.8. The lowest BCUT2D eigenvalue weighted by molar-refractivity contribution is -0.170. The number of hydrogen-bond acceptors (Lipinski definition) is 7. The number of hydrogen-bond donors (Lipinski definition) is 1. The number of aliphatic carboxylic acids is 1. The second-order valence-electron chi connectivity index (χ2n) is 11.1. The quantitative estimate of drug-likeness (QED) is 0.134. The second kappa shape index (κ2) is 16.7. The van der Waals surface area contributed by atoms with Crippen molar-refractivity contribution in [2.45, 2.75) is 64.5 Å². The molecule has 2 aromatic carbocycles. The Balaban J connectivity index is 1.29. The number of carboxylic acids is 1. The molecule has 1 N–H and O–H groups in total. The van der Waals surface area contributed by atoms with Crippen molar-refractivity contribution >= 4 is 51.7 Å². The summed E-state index contributed by atoms with van der Waals surface area (Å²) in [5, 5.41) is 11.7. The van der Waals surface area contributed by atoms with Crippen LogP contribution in [0.1, 0.15) is 64.5 Å². The molecule has 0 amide bonds. The van der Waals surface area contributed by atoms with E-state index in [2.05, 4.69) is 16.7 Å². The zero-order valence-electron chi connectivity index (χ0n) is 25.2. The van der Waals surface area contributed by atoms with E-state index in [1.54, 1.807) is 30.3 Å². The van der Waals surface area contributed by atoms with Crippen LogP contribution in [0.25, 0.3) is 10.9 Å². The summed E-state index contributed by atoms with van der Waals surface area (Å²) < 4.78 is 12.3. The summed E-state index contributed by atoms with van der Waals surface area (Å²) in [5.74, 6) is -1.54. The van der Waals surface area contributed by atoms with E-state index in [4.69, 9.17) is 32.7 Å². The molecular formula is C33H41Cl2N3O6. The Labute approximate surface area is 268 Å². The van der Waals surface area contributed by atoms with Crippen LogP contribution in [0.15, 0.2) is 53.3 Å². The molecular weight excluding hydrogens is 605 g/mol. The summed E-state index contributed by atoms with van der Waals surface area (Å²) in [4.78, 5) is 42.1. The predicted molar refractivity (Wildman–Crippen MR) is 174 cm³/mol. The number of anilines is 1. The van der Waals surface area contributed by atoms with E-state index in [0.29, 0.717) is 39.7 Å². The van der Waals surface area contributed by atoms with Crippen LogP contribution in [0.2, 0.25) is 10.0 Å². The molecule has 238 valence electrons. The third kappa shape index (κ3) is 9.13. The van der Waals surface area contributed by atoms with Crippen molar-refractivity contribution in [2.75, 3.05) is 44.2 Å². The molecule has 11 heteroatoms. The first-order valence-corrected chi connectivity index (χ1v) is 16.2. The zero-order valence-corrected chi connectivity index (χ0v) is 26.7. The van der Waals surface area contributed by atoms with Crippen molar-refractivity contribution < 1.29 is 24.2 Å². The molecule has 0 bridgehead atoms. The summed E-state index contributed by atoms with van der Waals surface area (Å²) in [6, 6.07) is 13.8. The SMILES string of the molecule is CCCCCCCC(=O)OC(C(=O)O)n1c(=O)ccc2ccc(OCCCCN3CCN(c4cccc(Cl)c4Cl)CC3)cc21. The van der Waals surface area contributed by atoms with E-state index in [-0.39, 0.29) is 6.42 Å². The lowest BCUT2D eigenvalue weighted by atomic mass is 10.1. The third-order valence-electron chi connectivity index (χ3n) is 7.86. The second-order valence-corrected chi connectivity index (χ2v) is 11.8. The number of aromatic nitrogens is 1. The lowest BCUT2D eigenvalue weighted by Gasteiger charge is -2.36. The van der Waals surface area contributed by atoms with Crippen LogP contribution < -0.4 is 15.2 Å². The highest BCUT2D eigenvalue weighted by Crippen LogP contribution is 2.33. The molecule has 4 rings (SSSR count). The molecule has 1 aliphatic heterocycles. The van der Waals surface area contributed by atoms with Gasteiger partial charge >= 0.3 is 11.9 Å². The molecule has 0 spiro atoms. The minimum atomic E-state index is -1.76. The number of unbranched alkanes of at least 4 members (excludes halogenated alkanes) is 5. The number of rotatable bonds is 16. The fourth-order valence-corrected chi connectivity index (χ4v) is 5.83. The van der Waals surface area contributed by atoms with Crippen LogP contribution in [0.3, 0.4) is 0 Å². The minimum absolute atomic E-state index is 0.104. The Morgan fingerprint density at radius 2 is 1.68 bits per heavy atom. The van der Waals surface area contributed by atoms with Crippen molar-refractivity contribution in [3.8, 4) is 5.75 Å².